The van der Waals surface area contributed by atoms with Crippen molar-refractivity contribution in [1.29, 1.82) is 0 Å². The molecule has 0 aliphatic rings. The number of carbonyl (C=O) groups excluding carboxylic acids is 1. The van der Waals surface area contributed by atoms with E-state index in [4.69, 9.17) is 0 Å². The molecule has 0 radical (unpaired) electrons. The Hall–Kier alpha value is -3.98. The highest BCUT2D eigenvalue weighted by Gasteiger charge is 2.11. The second-order valence-corrected chi connectivity index (χ2v) is 7.77. The lowest BCUT2D eigenvalue weighted by atomic mass is 10.2. The SMILES string of the molecule is O=C(Nc1cccc([N+](=O)[O-])c1)c1ccc(NS(=O)(=O)/C=C/c2ccccc2)cc1. The normalized spacial score (nSPS) is 11.2. The molecule has 3 rings (SSSR count). The molecule has 9 heteroatoms. The molecular formula is C21H17N3O5S. The van der Waals surface area contributed by atoms with Crippen molar-refractivity contribution in [2.45, 2.75) is 0 Å². The van der Waals surface area contributed by atoms with Gasteiger partial charge in [-0.15, -0.1) is 0 Å². The van der Waals surface area contributed by atoms with Crippen molar-refractivity contribution in [1.82, 2.24) is 0 Å². The minimum Gasteiger partial charge on any atom is -0.322 e. The highest BCUT2D eigenvalue weighted by Crippen LogP contribution is 2.19. The average molecular weight is 423 g/mol. The molecule has 0 spiro atoms. The number of hydrogen-bond donors (Lipinski definition) is 2. The molecule has 0 bridgehead atoms. The van der Waals surface area contributed by atoms with Crippen LogP contribution in [0.2, 0.25) is 0 Å². The fourth-order valence-corrected chi connectivity index (χ4v) is 3.39. The second-order valence-electron chi connectivity index (χ2n) is 6.20. The number of rotatable bonds is 7. The predicted octanol–water partition coefficient (Wildman–Crippen LogP) is 4.26. The number of amides is 1. The van der Waals surface area contributed by atoms with Crippen LogP contribution in [0, 0.1) is 10.1 Å². The molecule has 0 fully saturated rings. The molecule has 1 amide bonds. The number of nitrogens with one attached hydrogen (secondary N) is 2. The summed E-state index contributed by atoms with van der Waals surface area (Å²) in [5.41, 5.74) is 1.45. The van der Waals surface area contributed by atoms with Crippen LogP contribution in [0.1, 0.15) is 15.9 Å². The van der Waals surface area contributed by atoms with Gasteiger partial charge in [0.05, 0.1) is 10.3 Å². The number of anilines is 2. The molecule has 0 heterocycles. The van der Waals surface area contributed by atoms with E-state index in [0.717, 1.165) is 11.0 Å². The monoisotopic (exact) mass is 423 g/mol. The largest absolute Gasteiger partial charge is 0.322 e. The first-order chi connectivity index (χ1) is 14.3. The van der Waals surface area contributed by atoms with Crippen molar-refractivity contribution in [3.05, 3.63) is 106 Å². The van der Waals surface area contributed by atoms with E-state index in [1.54, 1.807) is 24.3 Å². The maximum absolute atomic E-state index is 12.3. The fraction of sp³-hybridized carbons (Fsp3) is 0. The van der Waals surface area contributed by atoms with Crippen LogP contribution in [0.3, 0.4) is 0 Å². The van der Waals surface area contributed by atoms with Gasteiger partial charge >= 0.3 is 0 Å². The van der Waals surface area contributed by atoms with Crippen molar-refractivity contribution in [3.8, 4) is 0 Å². The second kappa shape index (κ2) is 9.01. The minimum absolute atomic E-state index is 0.138. The number of nitro groups is 1. The summed E-state index contributed by atoms with van der Waals surface area (Å²) in [4.78, 5) is 22.6. The quantitative estimate of drug-likeness (QED) is 0.435. The van der Waals surface area contributed by atoms with Gasteiger partial charge in [-0.2, -0.15) is 0 Å². The molecule has 3 aromatic rings. The lowest BCUT2D eigenvalue weighted by Gasteiger charge is -2.07. The number of nitro benzene ring substituents is 1. The maximum Gasteiger partial charge on any atom is 0.271 e. The van der Waals surface area contributed by atoms with E-state index in [1.165, 1.54) is 54.6 Å². The van der Waals surface area contributed by atoms with E-state index in [2.05, 4.69) is 10.0 Å². The summed E-state index contributed by atoms with van der Waals surface area (Å²) in [5.74, 6) is -0.478. The van der Waals surface area contributed by atoms with Gasteiger partial charge in [-0.3, -0.25) is 19.6 Å². The predicted molar refractivity (Wildman–Crippen MR) is 116 cm³/mol. The number of nitrogens with zero attached hydrogens (tertiary/aromatic N) is 1. The van der Waals surface area contributed by atoms with Crippen molar-refractivity contribution in [2.24, 2.45) is 0 Å². The Balaban J connectivity index is 1.65. The number of benzene rings is 3. The van der Waals surface area contributed by atoms with E-state index in [9.17, 15) is 23.3 Å². The average Bonchev–Trinajstić information content (AvgIpc) is 2.73. The molecule has 3 aromatic carbocycles. The zero-order valence-corrected chi connectivity index (χ0v) is 16.4. The Morgan fingerprint density at radius 2 is 1.60 bits per heavy atom. The van der Waals surface area contributed by atoms with Gasteiger partial charge in [-0.25, -0.2) is 8.42 Å². The van der Waals surface area contributed by atoms with E-state index in [0.29, 0.717) is 5.69 Å². The number of carbonyl (C=O) groups is 1. The third-order valence-corrected chi connectivity index (χ3v) is 4.98. The zero-order valence-electron chi connectivity index (χ0n) is 15.6. The van der Waals surface area contributed by atoms with Crippen LogP contribution in [-0.2, 0) is 10.0 Å². The van der Waals surface area contributed by atoms with Crippen LogP contribution in [0.25, 0.3) is 6.08 Å². The third kappa shape index (κ3) is 5.76. The molecule has 30 heavy (non-hydrogen) atoms. The van der Waals surface area contributed by atoms with Crippen molar-refractivity contribution < 1.29 is 18.1 Å². The van der Waals surface area contributed by atoms with E-state index >= 15 is 0 Å². The Morgan fingerprint density at radius 1 is 0.900 bits per heavy atom. The standard InChI is InChI=1S/C21H17N3O5S/c25-21(22-19-7-4-8-20(15-19)24(26)27)17-9-11-18(12-10-17)23-30(28,29)14-13-16-5-2-1-3-6-16/h1-15,23H,(H,22,25)/b14-13+. The summed E-state index contributed by atoms with van der Waals surface area (Å²) in [7, 11) is -3.72. The first-order valence-corrected chi connectivity index (χ1v) is 10.3. The molecule has 0 atom stereocenters. The van der Waals surface area contributed by atoms with Crippen LogP contribution < -0.4 is 10.0 Å². The molecular weight excluding hydrogens is 406 g/mol. The van der Waals surface area contributed by atoms with Crippen molar-refractivity contribution in [2.75, 3.05) is 10.0 Å². The molecule has 0 saturated heterocycles. The first kappa shape index (κ1) is 20.7. The molecule has 2 N–H and O–H groups in total. The summed E-state index contributed by atoms with van der Waals surface area (Å²) in [6.45, 7) is 0. The molecule has 0 unspecified atom stereocenters. The van der Waals surface area contributed by atoms with E-state index in [1.807, 2.05) is 6.07 Å². The first-order valence-electron chi connectivity index (χ1n) is 8.74. The third-order valence-electron chi connectivity index (χ3n) is 3.96. The lowest BCUT2D eigenvalue weighted by Crippen LogP contribution is -2.13. The number of sulfonamides is 1. The highest BCUT2D eigenvalue weighted by molar-refractivity contribution is 7.95. The molecule has 0 aromatic heterocycles. The Bertz CT molecular complexity index is 1190. The summed E-state index contributed by atoms with van der Waals surface area (Å²) >= 11 is 0. The van der Waals surface area contributed by atoms with Crippen molar-refractivity contribution >= 4 is 39.1 Å². The number of non-ortho nitro benzene ring substituents is 1. The van der Waals surface area contributed by atoms with Gasteiger partial charge in [-0.05, 0) is 42.0 Å². The van der Waals surface area contributed by atoms with Crippen LogP contribution in [0.15, 0.2) is 84.3 Å². The maximum atomic E-state index is 12.3. The molecule has 8 nitrogen and oxygen atoms in total. The summed E-state index contributed by atoms with van der Waals surface area (Å²) in [6, 6.07) is 20.4. The summed E-state index contributed by atoms with van der Waals surface area (Å²) in [5, 5.41) is 14.4. The van der Waals surface area contributed by atoms with Gasteiger partial charge in [-0.1, -0.05) is 36.4 Å². The van der Waals surface area contributed by atoms with Crippen LogP contribution >= 0.6 is 0 Å². The van der Waals surface area contributed by atoms with Gasteiger partial charge in [0.15, 0.2) is 0 Å². The van der Waals surface area contributed by atoms with Crippen LogP contribution in [-0.4, -0.2) is 19.2 Å². The van der Waals surface area contributed by atoms with Gasteiger partial charge in [0.1, 0.15) is 0 Å². The van der Waals surface area contributed by atoms with Gasteiger partial charge in [0.2, 0.25) is 0 Å². The summed E-state index contributed by atoms with van der Waals surface area (Å²) in [6.07, 6.45) is 1.48. The molecule has 152 valence electrons. The Morgan fingerprint density at radius 3 is 2.27 bits per heavy atom. The Labute approximate surface area is 173 Å². The van der Waals surface area contributed by atoms with Gasteiger partial charge in [0.25, 0.3) is 21.6 Å². The van der Waals surface area contributed by atoms with Crippen LogP contribution in [0.4, 0.5) is 17.1 Å². The summed E-state index contributed by atoms with van der Waals surface area (Å²) < 4.78 is 26.8. The van der Waals surface area contributed by atoms with Gasteiger partial charge < -0.3 is 5.32 Å². The topological polar surface area (TPSA) is 118 Å². The van der Waals surface area contributed by atoms with Gasteiger partial charge in [0, 0.05) is 29.1 Å². The number of hydrogen-bond acceptors (Lipinski definition) is 5. The van der Waals surface area contributed by atoms with E-state index < -0.39 is 20.9 Å². The molecule has 0 saturated carbocycles. The van der Waals surface area contributed by atoms with Crippen molar-refractivity contribution in [3.63, 3.8) is 0 Å². The molecule has 0 aliphatic carbocycles. The Kier molecular flexibility index (Phi) is 6.23. The zero-order chi connectivity index (χ0) is 21.6. The molecule has 0 aliphatic heterocycles. The van der Waals surface area contributed by atoms with Crippen LogP contribution in [0.5, 0.6) is 0 Å². The van der Waals surface area contributed by atoms with E-state index in [-0.39, 0.29) is 16.9 Å². The minimum atomic E-state index is -3.72. The fourth-order valence-electron chi connectivity index (χ4n) is 2.52. The smallest absolute Gasteiger partial charge is 0.271 e. The lowest BCUT2D eigenvalue weighted by molar-refractivity contribution is -0.384. The highest BCUT2D eigenvalue weighted by atomic mass is 32.2.